The minimum atomic E-state index is -0.952. The molecule has 19 heavy (non-hydrogen) atoms. The van der Waals surface area contributed by atoms with Gasteiger partial charge in [-0.05, 0) is 38.1 Å². The normalized spacial score (nSPS) is 9.89. The molecule has 0 saturated carbocycles. The number of aryl methyl sites for hydroxylation is 2. The molecule has 4 heteroatoms. The Hall–Kier alpha value is -1.05. The largest absolute Gasteiger partial charge is 0.439 e. The van der Waals surface area contributed by atoms with Gasteiger partial charge in [-0.2, -0.15) is 0 Å². The quantitative estimate of drug-likeness (QED) is 0.705. The molecule has 0 N–H and O–H groups in total. The Morgan fingerprint density at radius 3 is 1.32 bits per heavy atom. The first-order valence-electron chi connectivity index (χ1n) is 5.86. The van der Waals surface area contributed by atoms with E-state index in [0.29, 0.717) is 0 Å². The first-order valence-corrected chi connectivity index (χ1v) is 7.49. The van der Waals surface area contributed by atoms with E-state index in [1.165, 1.54) is 11.1 Å². The molecule has 102 valence electrons. The first kappa shape index (κ1) is 16.0. The zero-order chi connectivity index (χ0) is 13.0. The van der Waals surface area contributed by atoms with Gasteiger partial charge in [0.15, 0.2) is 0 Å². The van der Waals surface area contributed by atoms with Crippen molar-refractivity contribution >= 4 is 25.4 Å². The zero-order valence-electron chi connectivity index (χ0n) is 11.3. The van der Waals surface area contributed by atoms with E-state index in [4.69, 9.17) is 9.05 Å². The third kappa shape index (κ3) is 5.22. The molecule has 2 rings (SSSR count). The van der Waals surface area contributed by atoms with E-state index in [1.54, 1.807) is 0 Å². The van der Waals surface area contributed by atoms with Crippen LogP contribution in [0.15, 0.2) is 48.5 Å². The fourth-order valence-electron chi connectivity index (χ4n) is 1.51. The van der Waals surface area contributed by atoms with Crippen LogP contribution in [0.25, 0.3) is 0 Å². The van der Waals surface area contributed by atoms with Gasteiger partial charge < -0.3 is 9.05 Å². The predicted molar refractivity (Wildman–Crippen MR) is 86.8 cm³/mol. The highest BCUT2D eigenvalue weighted by atomic mass is 79.9. The molecule has 0 atom stereocenters. The molecule has 2 aromatic rings. The molecule has 0 bridgehead atoms. The van der Waals surface area contributed by atoms with Crippen LogP contribution >= 0.6 is 25.4 Å². The Balaban J connectivity index is 0.00000180. The number of rotatable bonds is 4. The second kappa shape index (κ2) is 7.52. The lowest BCUT2D eigenvalue weighted by Crippen LogP contribution is -1.93. The lowest BCUT2D eigenvalue weighted by Gasteiger charge is -2.15. The summed E-state index contributed by atoms with van der Waals surface area (Å²) >= 11 is 0. The third-order valence-corrected chi connectivity index (χ3v) is 3.45. The van der Waals surface area contributed by atoms with E-state index in [9.17, 15) is 0 Å². The van der Waals surface area contributed by atoms with Gasteiger partial charge in [-0.3, -0.25) is 0 Å². The summed E-state index contributed by atoms with van der Waals surface area (Å²) in [5.74, 6) is 1.70. The van der Waals surface area contributed by atoms with Crippen molar-refractivity contribution in [1.29, 1.82) is 0 Å². The van der Waals surface area contributed by atoms with Crippen LogP contribution in [0, 0.1) is 13.8 Å². The summed E-state index contributed by atoms with van der Waals surface area (Å²) in [7, 11) is -0.952. The van der Waals surface area contributed by atoms with Crippen molar-refractivity contribution in [2.45, 2.75) is 13.8 Å². The number of hydrogen-bond acceptors (Lipinski definition) is 2. The van der Waals surface area contributed by atoms with Gasteiger partial charge in [0.25, 0.3) is 8.38 Å². The number of benzene rings is 2. The topological polar surface area (TPSA) is 18.5 Å². The van der Waals surface area contributed by atoms with Crippen LogP contribution in [-0.2, 0) is 0 Å². The van der Waals surface area contributed by atoms with Crippen molar-refractivity contribution in [1.82, 2.24) is 0 Å². The second-order valence-corrected chi connectivity index (χ2v) is 5.49. The third-order valence-electron chi connectivity index (χ3n) is 2.51. The molecule has 0 aliphatic carbocycles. The molecule has 0 aliphatic heterocycles. The van der Waals surface area contributed by atoms with Crippen LogP contribution in [0.5, 0.6) is 11.5 Å². The maximum Gasteiger partial charge on any atom is 0.286 e. The molecule has 0 fully saturated rings. The summed E-state index contributed by atoms with van der Waals surface area (Å²) in [4.78, 5) is 0. The Morgan fingerprint density at radius 1 is 0.684 bits per heavy atom. The SMILES string of the molecule is Br.Cc1ccc(OP(C)Oc2ccc(C)cc2)cc1. The molecule has 0 heterocycles. The van der Waals surface area contributed by atoms with E-state index in [-0.39, 0.29) is 17.0 Å². The van der Waals surface area contributed by atoms with Gasteiger partial charge >= 0.3 is 0 Å². The first-order chi connectivity index (χ1) is 8.63. The molecular formula is C15H18BrO2P. The van der Waals surface area contributed by atoms with E-state index in [1.807, 2.05) is 55.2 Å². The average Bonchev–Trinajstić information content (AvgIpc) is 2.35. The van der Waals surface area contributed by atoms with Crippen LogP contribution in [0.1, 0.15) is 11.1 Å². The van der Waals surface area contributed by atoms with Gasteiger partial charge in [-0.25, -0.2) is 0 Å². The second-order valence-electron chi connectivity index (χ2n) is 4.25. The van der Waals surface area contributed by atoms with Gasteiger partial charge in [0.2, 0.25) is 0 Å². The molecule has 0 radical (unpaired) electrons. The molecule has 0 aliphatic rings. The van der Waals surface area contributed by atoms with Crippen LogP contribution in [0.3, 0.4) is 0 Å². The predicted octanol–water partition coefficient (Wildman–Crippen LogP) is 5.28. The highest BCUT2D eigenvalue weighted by Crippen LogP contribution is 2.36. The van der Waals surface area contributed by atoms with Gasteiger partial charge in [0.05, 0.1) is 0 Å². The van der Waals surface area contributed by atoms with Crippen molar-refractivity contribution in [3.05, 3.63) is 59.7 Å². The summed E-state index contributed by atoms with van der Waals surface area (Å²) in [6.07, 6.45) is 0. The van der Waals surface area contributed by atoms with E-state index >= 15 is 0 Å². The summed E-state index contributed by atoms with van der Waals surface area (Å²) in [6, 6.07) is 16.0. The lowest BCUT2D eigenvalue weighted by molar-refractivity contribution is 0.496. The molecule has 0 spiro atoms. The zero-order valence-corrected chi connectivity index (χ0v) is 13.9. The monoisotopic (exact) mass is 340 g/mol. The van der Waals surface area contributed by atoms with Crippen LogP contribution in [0.4, 0.5) is 0 Å². The maximum absolute atomic E-state index is 5.75. The Kier molecular flexibility index (Phi) is 6.33. The minimum absolute atomic E-state index is 0. The van der Waals surface area contributed by atoms with Crippen molar-refractivity contribution in [3.8, 4) is 11.5 Å². The van der Waals surface area contributed by atoms with Crippen LogP contribution < -0.4 is 9.05 Å². The molecule has 0 aromatic heterocycles. The highest BCUT2D eigenvalue weighted by molar-refractivity contribution is 8.93. The van der Waals surface area contributed by atoms with E-state index in [0.717, 1.165) is 11.5 Å². The molecular weight excluding hydrogens is 323 g/mol. The van der Waals surface area contributed by atoms with Crippen molar-refractivity contribution in [2.75, 3.05) is 6.66 Å². The Labute approximate surface area is 126 Å². The number of hydrogen-bond donors (Lipinski definition) is 0. The van der Waals surface area contributed by atoms with Gasteiger partial charge in [0.1, 0.15) is 11.5 Å². The fraction of sp³-hybridized carbons (Fsp3) is 0.200. The van der Waals surface area contributed by atoms with Crippen LogP contribution in [0.2, 0.25) is 0 Å². The fourth-order valence-corrected chi connectivity index (χ4v) is 2.39. The molecule has 2 nitrogen and oxygen atoms in total. The number of halogens is 1. The van der Waals surface area contributed by atoms with Crippen LogP contribution in [-0.4, -0.2) is 6.66 Å². The molecule has 0 amide bonds. The van der Waals surface area contributed by atoms with Crippen molar-refractivity contribution < 1.29 is 9.05 Å². The molecule has 0 saturated heterocycles. The smallest absolute Gasteiger partial charge is 0.286 e. The lowest BCUT2D eigenvalue weighted by atomic mass is 10.2. The highest BCUT2D eigenvalue weighted by Gasteiger charge is 2.07. The summed E-state index contributed by atoms with van der Waals surface area (Å²) in [5, 5.41) is 0. The average molecular weight is 341 g/mol. The minimum Gasteiger partial charge on any atom is -0.439 e. The Bertz CT molecular complexity index is 449. The van der Waals surface area contributed by atoms with Crippen molar-refractivity contribution in [3.63, 3.8) is 0 Å². The summed E-state index contributed by atoms with van der Waals surface area (Å²) in [5.41, 5.74) is 2.45. The molecule has 0 unspecified atom stereocenters. The van der Waals surface area contributed by atoms with E-state index in [2.05, 4.69) is 13.8 Å². The van der Waals surface area contributed by atoms with Gasteiger partial charge in [-0.15, -0.1) is 17.0 Å². The molecule has 2 aromatic carbocycles. The summed E-state index contributed by atoms with van der Waals surface area (Å²) < 4.78 is 11.5. The maximum atomic E-state index is 5.75. The van der Waals surface area contributed by atoms with Gasteiger partial charge in [0, 0.05) is 6.66 Å². The van der Waals surface area contributed by atoms with Crippen molar-refractivity contribution in [2.24, 2.45) is 0 Å². The summed E-state index contributed by atoms with van der Waals surface area (Å²) in [6.45, 7) is 6.07. The van der Waals surface area contributed by atoms with Gasteiger partial charge in [-0.1, -0.05) is 35.4 Å². The Morgan fingerprint density at radius 2 is 1.00 bits per heavy atom. The standard InChI is InChI=1S/C15H17O2P.BrH/c1-12-4-8-14(9-5-12)16-18(3)17-15-10-6-13(2)7-11-15;/h4-11H,1-3H3;1H. The van der Waals surface area contributed by atoms with E-state index < -0.39 is 8.38 Å².